The summed E-state index contributed by atoms with van der Waals surface area (Å²) in [4.78, 5) is 11.6. The largest absolute Gasteiger partial charge is 0.466 e. The minimum absolute atomic E-state index is 0.314. The van der Waals surface area contributed by atoms with Crippen molar-refractivity contribution >= 4 is 5.97 Å². The van der Waals surface area contributed by atoms with Crippen LogP contribution in [0.2, 0.25) is 0 Å². The minimum Gasteiger partial charge on any atom is -0.466 e. The van der Waals surface area contributed by atoms with E-state index in [4.69, 9.17) is 11.2 Å². The Morgan fingerprint density at radius 3 is 2.65 bits per heavy atom. The van der Waals surface area contributed by atoms with Gasteiger partial charge in [0.2, 0.25) is 0 Å². The smallest absolute Gasteiger partial charge is 0.334 e. The molecule has 0 amide bonds. The van der Waals surface area contributed by atoms with Crippen LogP contribution in [-0.2, 0) is 9.53 Å². The average molecular weight is 276 g/mol. The van der Waals surface area contributed by atoms with Crippen LogP contribution in [0.1, 0.15) is 59.3 Å². The van der Waals surface area contributed by atoms with Gasteiger partial charge in [-0.2, -0.15) is 0 Å². The fourth-order valence-corrected chi connectivity index (χ4v) is 2.04. The van der Waals surface area contributed by atoms with Crippen LogP contribution in [-0.4, -0.2) is 13.1 Å². The number of hydrogen-bond donors (Lipinski definition) is 0. The predicted molar refractivity (Wildman–Crippen MR) is 85.2 cm³/mol. The molecule has 0 aliphatic rings. The molecule has 0 rings (SSSR count). The van der Waals surface area contributed by atoms with Gasteiger partial charge >= 0.3 is 5.97 Å². The molecule has 1 unspecified atom stereocenters. The molecule has 20 heavy (non-hydrogen) atoms. The molecule has 0 saturated carbocycles. The summed E-state index contributed by atoms with van der Waals surface area (Å²) in [5, 5.41) is 0. The van der Waals surface area contributed by atoms with Crippen LogP contribution < -0.4 is 0 Å². The van der Waals surface area contributed by atoms with Crippen LogP contribution in [0.15, 0.2) is 23.3 Å². The van der Waals surface area contributed by atoms with Crippen LogP contribution in [0.4, 0.5) is 0 Å². The van der Waals surface area contributed by atoms with Crippen molar-refractivity contribution in [2.75, 3.05) is 7.11 Å². The number of allylic oxidation sites excluding steroid dienone is 3. The normalized spacial score (nSPS) is 13.8. The number of esters is 1. The number of hydrogen-bond acceptors (Lipinski definition) is 2. The van der Waals surface area contributed by atoms with Gasteiger partial charge < -0.3 is 4.74 Å². The number of carbonyl (C=O) groups excluding carboxylic acids is 1. The summed E-state index contributed by atoms with van der Waals surface area (Å²) in [7, 11) is 1.38. The molecule has 0 fully saturated rings. The van der Waals surface area contributed by atoms with E-state index in [0.717, 1.165) is 12.0 Å². The van der Waals surface area contributed by atoms with Gasteiger partial charge in [-0.1, -0.05) is 51.7 Å². The molecular weight excluding hydrogens is 248 g/mol. The Morgan fingerprint density at radius 2 is 2.10 bits per heavy atom. The Kier molecular flexibility index (Phi) is 10.5. The van der Waals surface area contributed by atoms with Crippen molar-refractivity contribution < 1.29 is 9.53 Å². The molecular formula is C18H28O2. The lowest BCUT2D eigenvalue weighted by Crippen LogP contribution is -2.06. The first-order chi connectivity index (χ1) is 9.56. The van der Waals surface area contributed by atoms with Crippen LogP contribution in [0, 0.1) is 18.3 Å². The molecule has 0 aromatic heterocycles. The Morgan fingerprint density at radius 1 is 1.40 bits per heavy atom. The van der Waals surface area contributed by atoms with Crippen molar-refractivity contribution in [2.24, 2.45) is 5.92 Å². The van der Waals surface area contributed by atoms with Gasteiger partial charge in [-0.05, 0) is 24.8 Å². The Bertz CT molecular complexity index is 383. The summed E-state index contributed by atoms with van der Waals surface area (Å²) >= 11 is 0. The van der Waals surface area contributed by atoms with Crippen LogP contribution in [0.25, 0.3) is 0 Å². The highest BCUT2D eigenvalue weighted by molar-refractivity contribution is 5.90. The first-order valence-corrected chi connectivity index (χ1v) is 7.44. The lowest BCUT2D eigenvalue weighted by molar-refractivity contribution is -0.136. The molecule has 0 N–H and O–H groups in total. The molecule has 0 aliphatic heterocycles. The third-order valence-electron chi connectivity index (χ3n) is 3.39. The van der Waals surface area contributed by atoms with Gasteiger partial charge in [0.25, 0.3) is 0 Å². The van der Waals surface area contributed by atoms with Crippen molar-refractivity contribution in [2.45, 2.75) is 59.3 Å². The Labute approximate surface area is 124 Å². The van der Waals surface area contributed by atoms with Crippen molar-refractivity contribution in [3.8, 4) is 12.3 Å². The van der Waals surface area contributed by atoms with E-state index in [-0.39, 0.29) is 5.97 Å². The van der Waals surface area contributed by atoms with Gasteiger partial charge in [0, 0.05) is 6.42 Å². The van der Waals surface area contributed by atoms with E-state index in [1.807, 2.05) is 13.0 Å². The number of unbranched alkanes of at least 4 members (excludes halogenated alkanes) is 2. The van der Waals surface area contributed by atoms with Gasteiger partial charge in [0.1, 0.15) is 0 Å². The molecule has 0 radical (unpaired) electrons. The van der Waals surface area contributed by atoms with Crippen molar-refractivity contribution in [3.63, 3.8) is 0 Å². The van der Waals surface area contributed by atoms with E-state index < -0.39 is 0 Å². The van der Waals surface area contributed by atoms with Crippen LogP contribution >= 0.6 is 0 Å². The maximum atomic E-state index is 11.6. The quantitative estimate of drug-likeness (QED) is 0.201. The van der Waals surface area contributed by atoms with E-state index in [1.165, 1.54) is 32.8 Å². The fourth-order valence-electron chi connectivity index (χ4n) is 2.04. The molecule has 0 heterocycles. The number of methoxy groups -OCH3 is 1. The summed E-state index contributed by atoms with van der Waals surface area (Å²) in [5.41, 5.74) is 1.47. The molecule has 0 aliphatic carbocycles. The van der Waals surface area contributed by atoms with E-state index in [0.29, 0.717) is 17.9 Å². The molecule has 0 bridgehead atoms. The van der Waals surface area contributed by atoms with Gasteiger partial charge in [-0.3, -0.25) is 0 Å². The SMILES string of the molecule is C#CC/C(C(=O)OC)=C(/C)C=CCC(C)CCCCC. The summed E-state index contributed by atoms with van der Waals surface area (Å²) in [6.07, 6.45) is 15.9. The molecule has 112 valence electrons. The summed E-state index contributed by atoms with van der Waals surface area (Å²) < 4.78 is 4.75. The third-order valence-corrected chi connectivity index (χ3v) is 3.39. The summed E-state index contributed by atoms with van der Waals surface area (Å²) in [5.74, 6) is 2.85. The molecule has 1 atom stereocenters. The number of ether oxygens (including phenoxy) is 1. The predicted octanol–water partition coefficient (Wildman–Crippen LogP) is 4.66. The second-order valence-corrected chi connectivity index (χ2v) is 5.27. The van der Waals surface area contributed by atoms with E-state index in [1.54, 1.807) is 0 Å². The fraction of sp³-hybridized carbons (Fsp3) is 0.611. The highest BCUT2D eigenvalue weighted by Gasteiger charge is 2.10. The highest BCUT2D eigenvalue weighted by atomic mass is 16.5. The maximum absolute atomic E-state index is 11.6. The summed E-state index contributed by atoms with van der Waals surface area (Å²) in [6, 6.07) is 0. The average Bonchev–Trinajstić information content (AvgIpc) is 2.44. The lowest BCUT2D eigenvalue weighted by Gasteiger charge is -2.08. The first-order valence-electron chi connectivity index (χ1n) is 7.44. The number of terminal acetylenes is 1. The second-order valence-electron chi connectivity index (χ2n) is 5.27. The van der Waals surface area contributed by atoms with Gasteiger partial charge in [0.15, 0.2) is 0 Å². The van der Waals surface area contributed by atoms with Crippen LogP contribution in [0.3, 0.4) is 0 Å². The zero-order valence-corrected chi connectivity index (χ0v) is 13.4. The zero-order valence-electron chi connectivity index (χ0n) is 13.4. The van der Waals surface area contributed by atoms with Crippen LogP contribution in [0.5, 0.6) is 0 Å². The Balaban J connectivity index is 4.46. The molecule has 0 spiro atoms. The van der Waals surface area contributed by atoms with Crippen molar-refractivity contribution in [3.05, 3.63) is 23.3 Å². The monoisotopic (exact) mass is 276 g/mol. The molecule has 0 aromatic carbocycles. The molecule has 2 nitrogen and oxygen atoms in total. The zero-order chi connectivity index (χ0) is 15.4. The van der Waals surface area contributed by atoms with Gasteiger partial charge in [-0.15, -0.1) is 12.3 Å². The standard InChI is InChI=1S/C18H28O2/c1-6-8-9-12-15(3)13-10-14-16(4)17(11-7-2)18(19)20-5/h2,10,14-15H,6,8-9,11-13H2,1,3-5H3/b14-10?,17-16+. The summed E-state index contributed by atoms with van der Waals surface area (Å²) in [6.45, 7) is 6.39. The van der Waals surface area contributed by atoms with Gasteiger partial charge in [-0.25, -0.2) is 4.79 Å². The lowest BCUT2D eigenvalue weighted by atomic mass is 9.98. The first kappa shape index (κ1) is 18.5. The third kappa shape index (κ3) is 7.84. The second kappa shape index (κ2) is 11.3. The van der Waals surface area contributed by atoms with E-state index >= 15 is 0 Å². The van der Waals surface area contributed by atoms with E-state index in [9.17, 15) is 4.79 Å². The maximum Gasteiger partial charge on any atom is 0.334 e. The molecule has 2 heteroatoms. The highest BCUT2D eigenvalue weighted by Crippen LogP contribution is 2.16. The molecule has 0 saturated heterocycles. The minimum atomic E-state index is -0.332. The van der Waals surface area contributed by atoms with E-state index in [2.05, 4.69) is 25.8 Å². The number of carbonyl (C=O) groups is 1. The van der Waals surface area contributed by atoms with Gasteiger partial charge in [0.05, 0.1) is 12.7 Å². The molecule has 0 aromatic rings. The van der Waals surface area contributed by atoms with Crippen molar-refractivity contribution in [1.82, 2.24) is 0 Å². The number of rotatable bonds is 9. The Hall–Kier alpha value is -1.49. The topological polar surface area (TPSA) is 26.3 Å². The van der Waals surface area contributed by atoms with Crippen molar-refractivity contribution in [1.29, 1.82) is 0 Å².